The Hall–Kier alpha value is -1.61. The van der Waals surface area contributed by atoms with Crippen LogP contribution in [0.15, 0.2) is 4.60 Å². The molecule has 0 fully saturated rings. The molecule has 0 atom stereocenters. The third-order valence-electron chi connectivity index (χ3n) is 2.89. The van der Waals surface area contributed by atoms with Gasteiger partial charge in [-0.2, -0.15) is 5.10 Å². The molecule has 0 aromatic carbocycles. The number of aromatic nitrogens is 2. The van der Waals surface area contributed by atoms with E-state index >= 15 is 0 Å². The van der Waals surface area contributed by atoms with Gasteiger partial charge in [-0.25, -0.2) is 9.86 Å². The Bertz CT molecular complexity index is 580. The lowest BCUT2D eigenvalue weighted by Crippen LogP contribution is -2.35. The van der Waals surface area contributed by atoms with Crippen LogP contribution in [0.3, 0.4) is 0 Å². The van der Waals surface area contributed by atoms with E-state index in [0.29, 0.717) is 22.4 Å². The fraction of sp³-hybridized carbons (Fsp3) is 0.643. The minimum Gasteiger partial charge on any atom is -0.444 e. The topological polar surface area (TPSA) is 85.7 Å². The van der Waals surface area contributed by atoms with Crippen molar-refractivity contribution in [3.05, 3.63) is 15.9 Å². The van der Waals surface area contributed by atoms with Crippen molar-refractivity contribution in [2.45, 2.75) is 39.8 Å². The first-order valence-corrected chi connectivity index (χ1v) is 7.88. The number of ether oxygens (including phenoxy) is 1. The molecule has 23 heavy (non-hydrogen) atoms. The summed E-state index contributed by atoms with van der Waals surface area (Å²) in [7, 11) is 2.93. The lowest BCUT2D eigenvalue weighted by atomic mass is 10.2. The van der Waals surface area contributed by atoms with Crippen molar-refractivity contribution in [2.75, 3.05) is 20.7 Å². The zero-order chi connectivity index (χ0) is 17.8. The number of hydroxylamine groups is 2. The maximum absolute atomic E-state index is 12.3. The maximum Gasteiger partial charge on any atom is 0.407 e. The number of nitrogens with zero attached hydrogens (tertiary/aromatic N) is 3. The van der Waals surface area contributed by atoms with E-state index in [1.165, 1.54) is 18.8 Å². The monoisotopic (exact) mass is 390 g/mol. The van der Waals surface area contributed by atoms with Crippen LogP contribution in [0.4, 0.5) is 4.79 Å². The highest BCUT2D eigenvalue weighted by molar-refractivity contribution is 9.10. The van der Waals surface area contributed by atoms with E-state index in [1.54, 1.807) is 27.7 Å². The molecule has 1 N–H and O–H groups in total. The first-order chi connectivity index (χ1) is 10.6. The Labute approximate surface area is 144 Å². The summed E-state index contributed by atoms with van der Waals surface area (Å²) >= 11 is 3.31. The molecule has 9 heteroatoms. The molecule has 0 radical (unpaired) electrons. The number of carbonyl (C=O) groups is 2. The molecule has 0 aliphatic rings. The van der Waals surface area contributed by atoms with Crippen LogP contribution in [0.1, 0.15) is 36.8 Å². The highest BCUT2D eigenvalue weighted by Gasteiger charge is 2.23. The molecule has 8 nitrogen and oxygen atoms in total. The van der Waals surface area contributed by atoms with Crippen LogP contribution in [-0.4, -0.2) is 53.1 Å². The van der Waals surface area contributed by atoms with Crippen molar-refractivity contribution in [2.24, 2.45) is 0 Å². The Balaban J connectivity index is 2.76. The molecule has 1 rings (SSSR count). The first kappa shape index (κ1) is 19.4. The van der Waals surface area contributed by atoms with Crippen molar-refractivity contribution in [1.29, 1.82) is 0 Å². The van der Waals surface area contributed by atoms with E-state index < -0.39 is 11.7 Å². The first-order valence-electron chi connectivity index (χ1n) is 7.08. The van der Waals surface area contributed by atoms with Gasteiger partial charge in [0.25, 0.3) is 5.91 Å². The van der Waals surface area contributed by atoms with Crippen LogP contribution < -0.4 is 5.32 Å². The van der Waals surface area contributed by atoms with Crippen molar-refractivity contribution >= 4 is 27.9 Å². The number of halogens is 1. The van der Waals surface area contributed by atoms with Crippen molar-refractivity contribution in [3.63, 3.8) is 0 Å². The quantitative estimate of drug-likeness (QED) is 0.778. The molecule has 0 unspecified atom stereocenters. The second kappa shape index (κ2) is 7.78. The molecule has 2 amide bonds. The second-order valence-corrected chi connectivity index (χ2v) is 6.65. The van der Waals surface area contributed by atoms with Crippen molar-refractivity contribution < 1.29 is 19.2 Å². The molecule has 0 spiro atoms. The minimum absolute atomic E-state index is 0.277. The largest absolute Gasteiger partial charge is 0.444 e. The van der Waals surface area contributed by atoms with Gasteiger partial charge in [0.1, 0.15) is 15.9 Å². The van der Waals surface area contributed by atoms with Crippen LogP contribution in [-0.2, 0) is 16.1 Å². The van der Waals surface area contributed by atoms with E-state index in [1.807, 2.05) is 0 Å². The molecule has 130 valence electrons. The van der Waals surface area contributed by atoms with E-state index in [0.717, 1.165) is 5.06 Å². The standard InChI is InChI=1S/C14H23BrN4O4/c1-9-10(12(20)18(5)22-6)19(17-11(9)15)8-7-16-13(21)23-14(2,3)4/h7-8H2,1-6H3,(H,16,21). The summed E-state index contributed by atoms with van der Waals surface area (Å²) in [5.74, 6) is -0.319. The van der Waals surface area contributed by atoms with E-state index in [4.69, 9.17) is 9.57 Å². The number of hydrogen-bond acceptors (Lipinski definition) is 5. The van der Waals surface area contributed by atoms with Crippen LogP contribution in [0, 0.1) is 6.92 Å². The second-order valence-electron chi connectivity index (χ2n) is 5.90. The van der Waals surface area contributed by atoms with Gasteiger partial charge >= 0.3 is 6.09 Å². The zero-order valence-corrected chi connectivity index (χ0v) is 15.9. The molecule has 0 bridgehead atoms. The Morgan fingerprint density at radius 2 is 2.00 bits per heavy atom. The SMILES string of the molecule is CON(C)C(=O)c1c(C)c(Br)nn1CCNC(=O)OC(C)(C)C. The fourth-order valence-electron chi connectivity index (χ4n) is 1.76. The van der Waals surface area contributed by atoms with Gasteiger partial charge in [-0.1, -0.05) is 0 Å². The summed E-state index contributed by atoms with van der Waals surface area (Å²) in [4.78, 5) is 28.9. The summed E-state index contributed by atoms with van der Waals surface area (Å²) in [6, 6.07) is 0. The smallest absolute Gasteiger partial charge is 0.407 e. The highest BCUT2D eigenvalue weighted by Crippen LogP contribution is 2.20. The molecule has 0 saturated heterocycles. The number of rotatable bonds is 5. The number of hydrogen-bond donors (Lipinski definition) is 1. The fourth-order valence-corrected chi connectivity index (χ4v) is 2.14. The van der Waals surface area contributed by atoms with Gasteiger partial charge in [0.05, 0.1) is 13.7 Å². The van der Waals surface area contributed by atoms with E-state index in [9.17, 15) is 9.59 Å². The summed E-state index contributed by atoms with van der Waals surface area (Å²) in [5, 5.41) is 8.01. The van der Waals surface area contributed by atoms with Gasteiger partial charge in [0, 0.05) is 19.2 Å². The molecular formula is C14H23BrN4O4. The third kappa shape index (κ3) is 5.51. The summed E-state index contributed by atoms with van der Waals surface area (Å²) in [6.45, 7) is 7.75. The Kier molecular flexibility index (Phi) is 6.57. The summed E-state index contributed by atoms with van der Waals surface area (Å²) in [5.41, 5.74) is 0.543. The molecule has 0 aliphatic heterocycles. The predicted molar refractivity (Wildman–Crippen MR) is 88.0 cm³/mol. The van der Waals surface area contributed by atoms with Gasteiger partial charge in [0.15, 0.2) is 0 Å². The third-order valence-corrected chi connectivity index (χ3v) is 3.64. The number of alkyl carbamates (subject to hydrolysis) is 1. The molecule has 0 aliphatic carbocycles. The predicted octanol–water partition coefficient (Wildman–Crippen LogP) is 2.11. The Morgan fingerprint density at radius 3 is 2.52 bits per heavy atom. The van der Waals surface area contributed by atoms with Crippen LogP contribution in [0.5, 0.6) is 0 Å². The van der Waals surface area contributed by atoms with Gasteiger partial charge in [-0.3, -0.25) is 14.3 Å². The molecule has 1 aromatic rings. The van der Waals surface area contributed by atoms with Gasteiger partial charge < -0.3 is 10.1 Å². The van der Waals surface area contributed by atoms with Gasteiger partial charge in [-0.05, 0) is 43.6 Å². The van der Waals surface area contributed by atoms with Crippen LogP contribution >= 0.6 is 15.9 Å². The number of carbonyl (C=O) groups excluding carboxylic acids is 2. The minimum atomic E-state index is -0.558. The summed E-state index contributed by atoms with van der Waals surface area (Å²) in [6.07, 6.45) is -0.512. The lowest BCUT2D eigenvalue weighted by molar-refractivity contribution is -0.0764. The average Bonchev–Trinajstić information content (AvgIpc) is 2.70. The highest BCUT2D eigenvalue weighted by atomic mass is 79.9. The molecule has 1 heterocycles. The van der Waals surface area contributed by atoms with Crippen LogP contribution in [0.25, 0.3) is 0 Å². The van der Waals surface area contributed by atoms with Crippen molar-refractivity contribution in [3.8, 4) is 0 Å². The molecular weight excluding hydrogens is 368 g/mol. The summed E-state index contributed by atoms with van der Waals surface area (Å²) < 4.78 is 7.25. The Morgan fingerprint density at radius 1 is 1.39 bits per heavy atom. The van der Waals surface area contributed by atoms with E-state index in [-0.39, 0.29) is 12.5 Å². The average molecular weight is 391 g/mol. The zero-order valence-electron chi connectivity index (χ0n) is 14.3. The lowest BCUT2D eigenvalue weighted by Gasteiger charge is -2.20. The molecule has 0 saturated carbocycles. The molecule has 1 aromatic heterocycles. The normalized spacial score (nSPS) is 11.3. The number of nitrogens with one attached hydrogen (secondary N) is 1. The van der Waals surface area contributed by atoms with Crippen LogP contribution in [0.2, 0.25) is 0 Å². The van der Waals surface area contributed by atoms with Gasteiger partial charge in [0.2, 0.25) is 0 Å². The van der Waals surface area contributed by atoms with Gasteiger partial charge in [-0.15, -0.1) is 0 Å². The number of amides is 2. The van der Waals surface area contributed by atoms with E-state index in [2.05, 4.69) is 26.3 Å². The van der Waals surface area contributed by atoms with Crippen molar-refractivity contribution in [1.82, 2.24) is 20.2 Å². The maximum atomic E-state index is 12.3.